The quantitative estimate of drug-likeness (QED) is 0.611. The molecule has 1 aromatic rings. The molecule has 0 heterocycles. The number of allylic oxidation sites excluding steroid dienone is 4. The van der Waals surface area contributed by atoms with Crippen LogP contribution in [-0.4, -0.2) is 0 Å². The van der Waals surface area contributed by atoms with Crippen LogP contribution in [0, 0.1) is 6.92 Å². The second-order valence-corrected chi connectivity index (χ2v) is 3.17. The van der Waals surface area contributed by atoms with Gasteiger partial charge >= 0.3 is 0 Å². The van der Waals surface area contributed by atoms with Crippen LogP contribution in [0.3, 0.4) is 0 Å². The Labute approximate surface area is 87.0 Å². The highest BCUT2D eigenvalue weighted by Gasteiger charge is 2.00. The molecule has 0 spiro atoms. The molecule has 1 aliphatic carbocycles. The first-order chi connectivity index (χ1) is 6.86. The summed E-state index contributed by atoms with van der Waals surface area (Å²) in [5.74, 6) is 0. The van der Waals surface area contributed by atoms with Gasteiger partial charge in [0.1, 0.15) is 0 Å². The molecule has 0 heteroatoms. The maximum Gasteiger partial charge on any atom is -0.0157 e. The van der Waals surface area contributed by atoms with Gasteiger partial charge in [0.25, 0.3) is 0 Å². The van der Waals surface area contributed by atoms with Crippen LogP contribution >= 0.6 is 0 Å². The Morgan fingerprint density at radius 3 is 2.50 bits per heavy atom. The summed E-state index contributed by atoms with van der Waals surface area (Å²) in [5, 5.41) is 0. The van der Waals surface area contributed by atoms with Crippen molar-refractivity contribution in [1.82, 2.24) is 0 Å². The molecule has 0 saturated carbocycles. The van der Waals surface area contributed by atoms with E-state index in [9.17, 15) is 0 Å². The molecule has 0 atom stereocenters. The molecule has 0 saturated heterocycles. The van der Waals surface area contributed by atoms with E-state index >= 15 is 0 Å². The van der Waals surface area contributed by atoms with E-state index in [1.54, 1.807) is 0 Å². The van der Waals surface area contributed by atoms with Crippen LogP contribution in [0.2, 0.25) is 0 Å². The average Bonchev–Trinajstić information content (AvgIpc) is 2.74. The third-order valence-electron chi connectivity index (χ3n) is 2.12. The summed E-state index contributed by atoms with van der Waals surface area (Å²) in [6.07, 6.45) is 7.73. The van der Waals surface area contributed by atoms with Gasteiger partial charge in [-0.1, -0.05) is 61.9 Å². The molecule has 0 amide bonds. The van der Waals surface area contributed by atoms with E-state index < -0.39 is 0 Å². The number of hydrogen-bond acceptors (Lipinski definition) is 0. The van der Waals surface area contributed by atoms with E-state index in [0.717, 1.165) is 6.42 Å². The Kier molecular flexibility index (Phi) is 4.18. The van der Waals surface area contributed by atoms with E-state index in [4.69, 9.17) is 0 Å². The van der Waals surface area contributed by atoms with Crippen LogP contribution in [-0.2, 0) is 0 Å². The summed E-state index contributed by atoms with van der Waals surface area (Å²) in [7, 11) is 0. The van der Waals surface area contributed by atoms with Crippen LogP contribution < -0.4 is 0 Å². The minimum Gasteiger partial charge on any atom is -0.0801 e. The minimum absolute atomic E-state index is 1.09. The molecule has 0 bridgehead atoms. The van der Waals surface area contributed by atoms with Gasteiger partial charge in [0, 0.05) is 0 Å². The van der Waals surface area contributed by atoms with Gasteiger partial charge in [0.2, 0.25) is 0 Å². The molecule has 0 nitrogen and oxygen atoms in total. The third-order valence-corrected chi connectivity index (χ3v) is 2.12. The molecule has 14 heavy (non-hydrogen) atoms. The zero-order valence-corrected chi connectivity index (χ0v) is 9.25. The molecular formula is C14H18. The van der Waals surface area contributed by atoms with Crippen LogP contribution in [0.5, 0.6) is 0 Å². The van der Waals surface area contributed by atoms with E-state index in [1.165, 1.54) is 16.7 Å². The number of benzene rings is 1. The first-order valence-electron chi connectivity index (χ1n) is 5.30. The second-order valence-electron chi connectivity index (χ2n) is 3.17. The Hall–Kier alpha value is -1.30. The van der Waals surface area contributed by atoms with Crippen molar-refractivity contribution >= 4 is 5.57 Å². The van der Waals surface area contributed by atoms with E-state index in [2.05, 4.69) is 49.4 Å². The normalized spacial score (nSPS) is 13.2. The summed E-state index contributed by atoms with van der Waals surface area (Å²) in [6.45, 7) is 6.13. The summed E-state index contributed by atoms with van der Waals surface area (Å²) >= 11 is 0. The van der Waals surface area contributed by atoms with E-state index in [-0.39, 0.29) is 0 Å². The SMILES string of the molecule is CC.Cc1cccc(C2=CCC=C2)c1. The number of rotatable bonds is 1. The van der Waals surface area contributed by atoms with Crippen molar-refractivity contribution in [3.05, 3.63) is 53.6 Å². The molecule has 0 radical (unpaired) electrons. The average molecular weight is 186 g/mol. The van der Waals surface area contributed by atoms with Crippen molar-refractivity contribution in [3.63, 3.8) is 0 Å². The van der Waals surface area contributed by atoms with Gasteiger partial charge in [-0.05, 0) is 24.5 Å². The second kappa shape index (κ2) is 5.43. The van der Waals surface area contributed by atoms with Gasteiger partial charge in [-0.3, -0.25) is 0 Å². The van der Waals surface area contributed by atoms with Crippen molar-refractivity contribution in [2.24, 2.45) is 0 Å². The fourth-order valence-electron chi connectivity index (χ4n) is 1.50. The van der Waals surface area contributed by atoms with Crippen LogP contribution in [0.25, 0.3) is 5.57 Å². The molecule has 1 aromatic carbocycles. The first-order valence-corrected chi connectivity index (χ1v) is 5.30. The molecule has 0 unspecified atom stereocenters. The predicted octanol–water partition coefficient (Wildman–Crippen LogP) is 4.36. The van der Waals surface area contributed by atoms with Crippen molar-refractivity contribution in [3.8, 4) is 0 Å². The summed E-state index contributed by atoms with van der Waals surface area (Å²) in [6, 6.07) is 8.62. The van der Waals surface area contributed by atoms with Crippen molar-refractivity contribution in [2.45, 2.75) is 27.2 Å². The van der Waals surface area contributed by atoms with Gasteiger partial charge in [-0.2, -0.15) is 0 Å². The highest BCUT2D eigenvalue weighted by Crippen LogP contribution is 2.21. The maximum atomic E-state index is 2.26. The minimum atomic E-state index is 1.09. The fraction of sp³-hybridized carbons (Fsp3) is 0.286. The number of aryl methyl sites for hydroxylation is 1. The molecule has 0 aliphatic heterocycles. The zero-order valence-electron chi connectivity index (χ0n) is 9.25. The summed E-state index contributed by atoms with van der Waals surface area (Å²) < 4.78 is 0. The molecule has 0 N–H and O–H groups in total. The van der Waals surface area contributed by atoms with Gasteiger partial charge < -0.3 is 0 Å². The molecule has 74 valence electrons. The molecule has 0 fully saturated rings. The monoisotopic (exact) mass is 186 g/mol. The fourth-order valence-corrected chi connectivity index (χ4v) is 1.50. The smallest absolute Gasteiger partial charge is 0.0157 e. The van der Waals surface area contributed by atoms with Crippen LogP contribution in [0.4, 0.5) is 0 Å². The van der Waals surface area contributed by atoms with Gasteiger partial charge in [-0.15, -0.1) is 0 Å². The van der Waals surface area contributed by atoms with Crippen LogP contribution in [0.1, 0.15) is 31.4 Å². The Morgan fingerprint density at radius 2 is 1.93 bits per heavy atom. The lowest BCUT2D eigenvalue weighted by molar-refractivity contribution is 1.43. The highest BCUT2D eigenvalue weighted by molar-refractivity contribution is 5.76. The molecular weight excluding hydrogens is 168 g/mol. The lowest BCUT2D eigenvalue weighted by atomic mass is 10.1. The Balaban J connectivity index is 0.000000461. The maximum absolute atomic E-state index is 2.26. The standard InChI is InChI=1S/C12H12.C2H6/c1-10-5-4-8-12(9-10)11-6-2-3-7-11;1-2/h2,4-9H,3H2,1H3;1-2H3. The lowest BCUT2D eigenvalue weighted by Gasteiger charge is -2.00. The van der Waals surface area contributed by atoms with Crippen molar-refractivity contribution in [1.29, 1.82) is 0 Å². The molecule has 1 aliphatic rings. The van der Waals surface area contributed by atoms with E-state index in [1.807, 2.05) is 13.8 Å². The Morgan fingerprint density at radius 1 is 1.14 bits per heavy atom. The third kappa shape index (κ3) is 2.59. The lowest BCUT2D eigenvalue weighted by Crippen LogP contribution is -1.79. The van der Waals surface area contributed by atoms with E-state index in [0.29, 0.717) is 0 Å². The van der Waals surface area contributed by atoms with Crippen molar-refractivity contribution in [2.75, 3.05) is 0 Å². The van der Waals surface area contributed by atoms with Crippen molar-refractivity contribution < 1.29 is 0 Å². The zero-order chi connectivity index (χ0) is 10.4. The topological polar surface area (TPSA) is 0 Å². The van der Waals surface area contributed by atoms with Gasteiger partial charge in [0.05, 0.1) is 0 Å². The summed E-state index contributed by atoms with van der Waals surface area (Å²) in [5.41, 5.74) is 4.02. The van der Waals surface area contributed by atoms with Gasteiger partial charge in [0.15, 0.2) is 0 Å². The Bertz CT molecular complexity index is 343. The number of hydrogen-bond donors (Lipinski definition) is 0. The summed E-state index contributed by atoms with van der Waals surface area (Å²) in [4.78, 5) is 0. The highest BCUT2D eigenvalue weighted by atomic mass is 14.0. The molecule has 2 rings (SSSR count). The van der Waals surface area contributed by atoms with Crippen LogP contribution in [0.15, 0.2) is 42.5 Å². The first kappa shape index (κ1) is 10.8. The largest absolute Gasteiger partial charge is 0.0801 e. The molecule has 0 aromatic heterocycles. The van der Waals surface area contributed by atoms with Gasteiger partial charge in [-0.25, -0.2) is 0 Å². The predicted molar refractivity (Wildman–Crippen MR) is 64.3 cm³/mol.